The van der Waals surface area contributed by atoms with Gasteiger partial charge in [-0.3, -0.25) is 0 Å². The molecular weight excluding hydrogens is 278 g/mol. The van der Waals surface area contributed by atoms with Crippen LogP contribution in [0.15, 0.2) is 24.3 Å². The van der Waals surface area contributed by atoms with E-state index in [9.17, 15) is 0 Å². The van der Waals surface area contributed by atoms with E-state index >= 15 is 0 Å². The van der Waals surface area contributed by atoms with Crippen molar-refractivity contribution in [2.75, 3.05) is 19.0 Å². The highest BCUT2D eigenvalue weighted by atomic mass is 32.1. The zero-order valence-electron chi connectivity index (χ0n) is 13.0. The minimum Gasteiger partial charge on any atom is -0.378 e. The molecule has 0 atom stereocenters. The van der Waals surface area contributed by atoms with Gasteiger partial charge < -0.3 is 10.2 Å². The smallest absolute Gasteiger partial charge is 0.123 e. The van der Waals surface area contributed by atoms with E-state index in [0.717, 1.165) is 24.0 Å². The lowest BCUT2D eigenvalue weighted by Gasteiger charge is -2.11. The van der Waals surface area contributed by atoms with Gasteiger partial charge in [0.15, 0.2) is 0 Å². The summed E-state index contributed by atoms with van der Waals surface area (Å²) in [4.78, 5) is 8.36. The van der Waals surface area contributed by atoms with Crippen LogP contribution in [0.4, 0.5) is 5.69 Å². The van der Waals surface area contributed by atoms with Crippen LogP contribution in [-0.2, 0) is 13.0 Å². The molecule has 0 bridgehead atoms. The average molecular weight is 301 g/mol. The van der Waals surface area contributed by atoms with Gasteiger partial charge in [0.05, 0.1) is 5.69 Å². The Morgan fingerprint density at radius 3 is 2.52 bits per heavy atom. The minimum absolute atomic E-state index is 0.750. The average Bonchev–Trinajstić information content (AvgIpc) is 3.23. The number of nitrogens with zero attached hydrogens (tertiary/aromatic N) is 2. The van der Waals surface area contributed by atoms with Gasteiger partial charge in [-0.1, -0.05) is 6.92 Å². The summed E-state index contributed by atoms with van der Waals surface area (Å²) >= 11 is 1.83. The Morgan fingerprint density at radius 1 is 1.24 bits per heavy atom. The lowest BCUT2D eigenvalue weighted by molar-refractivity contribution is 0.689. The fraction of sp³-hybridized carbons (Fsp3) is 0.471. The summed E-state index contributed by atoms with van der Waals surface area (Å²) in [6, 6.07) is 9.41. The number of aromatic nitrogens is 1. The molecule has 1 heterocycles. The Hall–Kier alpha value is -1.39. The summed E-state index contributed by atoms with van der Waals surface area (Å²) in [6.07, 6.45) is 3.67. The molecule has 21 heavy (non-hydrogen) atoms. The third-order valence-electron chi connectivity index (χ3n) is 3.87. The van der Waals surface area contributed by atoms with Crippen molar-refractivity contribution in [1.29, 1.82) is 0 Å². The number of anilines is 1. The molecule has 1 aliphatic rings. The number of aryl methyl sites for hydroxylation is 1. The van der Waals surface area contributed by atoms with Crippen LogP contribution in [-0.4, -0.2) is 25.1 Å². The van der Waals surface area contributed by atoms with Gasteiger partial charge >= 0.3 is 0 Å². The fourth-order valence-electron chi connectivity index (χ4n) is 2.35. The number of thiazole rings is 1. The second-order valence-corrected chi connectivity index (χ2v) is 6.92. The number of benzene rings is 1. The molecule has 1 aromatic carbocycles. The van der Waals surface area contributed by atoms with E-state index < -0.39 is 0 Å². The van der Waals surface area contributed by atoms with Gasteiger partial charge in [0.1, 0.15) is 5.01 Å². The maximum Gasteiger partial charge on any atom is 0.123 e. The second-order valence-electron chi connectivity index (χ2n) is 5.84. The molecule has 3 nitrogen and oxygen atoms in total. The van der Waals surface area contributed by atoms with Crippen molar-refractivity contribution in [3.8, 4) is 10.6 Å². The number of hydrogen-bond acceptors (Lipinski definition) is 4. The van der Waals surface area contributed by atoms with Crippen molar-refractivity contribution in [3.05, 3.63) is 34.8 Å². The molecule has 1 N–H and O–H groups in total. The molecule has 0 saturated heterocycles. The third kappa shape index (κ3) is 3.44. The fourth-order valence-corrected chi connectivity index (χ4v) is 3.45. The summed E-state index contributed by atoms with van der Waals surface area (Å²) in [5, 5.41) is 4.74. The predicted octanol–water partition coefficient (Wildman–Crippen LogP) is 3.69. The Labute approximate surface area is 131 Å². The quantitative estimate of drug-likeness (QED) is 0.882. The Balaban J connectivity index is 1.80. The molecule has 112 valence electrons. The third-order valence-corrected chi connectivity index (χ3v) is 5.02. The Kier molecular flexibility index (Phi) is 4.27. The van der Waals surface area contributed by atoms with Crippen LogP contribution in [0.3, 0.4) is 0 Å². The summed E-state index contributed by atoms with van der Waals surface area (Å²) in [7, 11) is 4.13. The monoisotopic (exact) mass is 301 g/mol. The van der Waals surface area contributed by atoms with Crippen LogP contribution in [0, 0.1) is 0 Å². The van der Waals surface area contributed by atoms with Crippen molar-refractivity contribution in [3.63, 3.8) is 0 Å². The first-order valence-electron chi connectivity index (χ1n) is 7.67. The molecule has 0 aliphatic heterocycles. The first-order chi connectivity index (χ1) is 10.2. The van der Waals surface area contributed by atoms with Crippen molar-refractivity contribution >= 4 is 17.0 Å². The first kappa shape index (κ1) is 14.5. The van der Waals surface area contributed by atoms with Crippen LogP contribution in [0.2, 0.25) is 0 Å². The molecule has 0 radical (unpaired) electrons. The predicted molar refractivity (Wildman–Crippen MR) is 91.1 cm³/mol. The lowest BCUT2D eigenvalue weighted by Crippen LogP contribution is -2.15. The molecule has 3 rings (SSSR count). The summed E-state index contributed by atoms with van der Waals surface area (Å²) in [6.45, 7) is 3.16. The highest BCUT2D eigenvalue weighted by molar-refractivity contribution is 7.15. The summed E-state index contributed by atoms with van der Waals surface area (Å²) in [5.74, 6) is 0. The molecule has 2 aromatic rings. The summed E-state index contributed by atoms with van der Waals surface area (Å²) in [5.41, 5.74) is 3.69. The van der Waals surface area contributed by atoms with Gasteiger partial charge in [0.2, 0.25) is 0 Å². The van der Waals surface area contributed by atoms with E-state index in [1.165, 1.54) is 34.7 Å². The highest BCUT2D eigenvalue weighted by Crippen LogP contribution is 2.30. The molecule has 0 spiro atoms. The van der Waals surface area contributed by atoms with Gasteiger partial charge in [0, 0.05) is 42.8 Å². The van der Waals surface area contributed by atoms with Gasteiger partial charge in [-0.2, -0.15) is 0 Å². The second kappa shape index (κ2) is 6.16. The molecule has 1 aromatic heterocycles. The Bertz CT molecular complexity index is 597. The minimum atomic E-state index is 0.750. The van der Waals surface area contributed by atoms with E-state index in [4.69, 9.17) is 4.98 Å². The van der Waals surface area contributed by atoms with Gasteiger partial charge in [-0.25, -0.2) is 4.98 Å². The van der Waals surface area contributed by atoms with E-state index in [1.807, 2.05) is 11.3 Å². The number of hydrogen-bond donors (Lipinski definition) is 1. The maximum absolute atomic E-state index is 4.84. The van der Waals surface area contributed by atoms with Gasteiger partial charge in [-0.15, -0.1) is 11.3 Å². The maximum atomic E-state index is 4.84. The number of rotatable bonds is 6. The van der Waals surface area contributed by atoms with Crippen molar-refractivity contribution in [2.45, 2.75) is 38.8 Å². The van der Waals surface area contributed by atoms with E-state index in [1.54, 1.807) is 0 Å². The molecule has 0 unspecified atom stereocenters. The largest absolute Gasteiger partial charge is 0.378 e. The first-order valence-corrected chi connectivity index (χ1v) is 8.48. The zero-order chi connectivity index (χ0) is 14.8. The molecule has 1 aliphatic carbocycles. The van der Waals surface area contributed by atoms with Crippen molar-refractivity contribution < 1.29 is 0 Å². The van der Waals surface area contributed by atoms with Crippen LogP contribution >= 0.6 is 11.3 Å². The molecular formula is C17H23N3S. The van der Waals surface area contributed by atoms with Crippen molar-refractivity contribution in [2.24, 2.45) is 0 Å². The molecule has 0 amide bonds. The number of nitrogens with one attached hydrogen (secondary N) is 1. The summed E-state index contributed by atoms with van der Waals surface area (Å²) < 4.78 is 0. The lowest BCUT2D eigenvalue weighted by atomic mass is 10.2. The molecule has 1 saturated carbocycles. The van der Waals surface area contributed by atoms with Gasteiger partial charge in [0.25, 0.3) is 0 Å². The van der Waals surface area contributed by atoms with E-state index in [2.05, 4.69) is 55.5 Å². The standard InChI is InChI=1S/C17H23N3S/c1-4-15-16(11-18-13-7-8-13)21-17(19-15)12-5-9-14(10-6-12)20(2)3/h5-6,9-10,13,18H,4,7-8,11H2,1-3H3. The van der Waals surface area contributed by atoms with Crippen LogP contribution in [0.5, 0.6) is 0 Å². The van der Waals surface area contributed by atoms with E-state index in [0.29, 0.717) is 0 Å². The van der Waals surface area contributed by atoms with Gasteiger partial charge in [-0.05, 0) is 43.5 Å². The highest BCUT2D eigenvalue weighted by Gasteiger charge is 2.21. The Morgan fingerprint density at radius 2 is 1.95 bits per heavy atom. The molecule has 4 heteroatoms. The zero-order valence-corrected chi connectivity index (χ0v) is 13.8. The SMILES string of the molecule is CCc1nc(-c2ccc(N(C)C)cc2)sc1CNC1CC1. The van der Waals surface area contributed by atoms with E-state index in [-0.39, 0.29) is 0 Å². The van der Waals surface area contributed by atoms with Crippen molar-refractivity contribution in [1.82, 2.24) is 10.3 Å². The van der Waals surface area contributed by atoms with Crippen LogP contribution in [0.25, 0.3) is 10.6 Å². The van der Waals surface area contributed by atoms with Crippen LogP contribution in [0.1, 0.15) is 30.3 Å². The molecule has 1 fully saturated rings. The normalized spacial score (nSPS) is 14.4. The topological polar surface area (TPSA) is 28.2 Å². The van der Waals surface area contributed by atoms with Crippen LogP contribution < -0.4 is 10.2 Å².